The van der Waals surface area contributed by atoms with Gasteiger partial charge >= 0.3 is 6.18 Å². The van der Waals surface area contributed by atoms with E-state index in [0.717, 1.165) is 19.3 Å². The fourth-order valence-corrected chi connectivity index (χ4v) is 1.89. The maximum Gasteiger partial charge on any atom is 0.401 e. The van der Waals surface area contributed by atoms with Gasteiger partial charge in [0.25, 0.3) is 0 Å². The molecule has 0 aliphatic heterocycles. The van der Waals surface area contributed by atoms with Crippen molar-refractivity contribution in [2.24, 2.45) is 5.92 Å². The van der Waals surface area contributed by atoms with E-state index in [1.807, 2.05) is 0 Å². The zero-order chi connectivity index (χ0) is 10.6. The average Bonchev–Trinajstić information content (AvgIpc) is 1.94. The predicted molar refractivity (Wildman–Crippen MR) is 50.6 cm³/mol. The minimum Gasteiger partial charge on any atom is -0.294 e. The van der Waals surface area contributed by atoms with Gasteiger partial charge in [0.1, 0.15) is 0 Å². The van der Waals surface area contributed by atoms with Crippen LogP contribution in [-0.2, 0) is 0 Å². The van der Waals surface area contributed by atoms with Gasteiger partial charge in [-0.15, -0.1) is 11.6 Å². The third kappa shape index (κ3) is 4.51. The molecule has 0 saturated heterocycles. The largest absolute Gasteiger partial charge is 0.401 e. The summed E-state index contributed by atoms with van der Waals surface area (Å²) in [6.07, 6.45) is -0.811. The Labute approximate surface area is 87.2 Å². The van der Waals surface area contributed by atoms with Crippen molar-refractivity contribution < 1.29 is 13.2 Å². The molecule has 1 aliphatic rings. The number of nitrogens with zero attached hydrogens (tertiary/aromatic N) is 1. The van der Waals surface area contributed by atoms with E-state index in [2.05, 4.69) is 0 Å². The Morgan fingerprint density at radius 2 is 1.93 bits per heavy atom. The Bertz CT molecular complexity index is 168. The second-order valence-corrected chi connectivity index (χ2v) is 4.21. The molecule has 0 heterocycles. The van der Waals surface area contributed by atoms with Crippen molar-refractivity contribution in [3.05, 3.63) is 0 Å². The Balaban J connectivity index is 2.29. The fourth-order valence-electron chi connectivity index (χ4n) is 1.65. The topological polar surface area (TPSA) is 3.24 Å². The minimum absolute atomic E-state index is 0.267. The van der Waals surface area contributed by atoms with E-state index in [9.17, 15) is 13.2 Å². The van der Waals surface area contributed by atoms with Crippen LogP contribution in [0.5, 0.6) is 0 Å². The second-order valence-electron chi connectivity index (χ2n) is 3.84. The van der Waals surface area contributed by atoms with Crippen molar-refractivity contribution >= 4 is 11.6 Å². The molecule has 5 heteroatoms. The number of hydrogen-bond donors (Lipinski definition) is 0. The van der Waals surface area contributed by atoms with Gasteiger partial charge in [0.05, 0.1) is 6.54 Å². The van der Waals surface area contributed by atoms with E-state index in [4.69, 9.17) is 11.6 Å². The van der Waals surface area contributed by atoms with E-state index in [-0.39, 0.29) is 5.88 Å². The van der Waals surface area contributed by atoms with E-state index in [0.29, 0.717) is 19.0 Å². The van der Waals surface area contributed by atoms with E-state index >= 15 is 0 Å². The van der Waals surface area contributed by atoms with Crippen molar-refractivity contribution in [3.8, 4) is 0 Å². The molecular weight excluding hydrogens is 215 g/mol. The number of alkyl halides is 4. The van der Waals surface area contributed by atoms with Gasteiger partial charge in [0, 0.05) is 19.0 Å². The molecule has 0 radical (unpaired) electrons. The zero-order valence-electron chi connectivity index (χ0n) is 7.99. The quantitative estimate of drug-likeness (QED) is 0.656. The van der Waals surface area contributed by atoms with Gasteiger partial charge in [0.15, 0.2) is 0 Å². The minimum atomic E-state index is -4.10. The maximum absolute atomic E-state index is 12.1. The molecule has 1 fully saturated rings. The Morgan fingerprint density at radius 3 is 2.29 bits per heavy atom. The molecule has 14 heavy (non-hydrogen) atoms. The first-order valence-electron chi connectivity index (χ1n) is 4.86. The molecule has 0 aromatic rings. The van der Waals surface area contributed by atoms with Crippen molar-refractivity contribution in [2.75, 3.05) is 25.5 Å². The summed E-state index contributed by atoms with van der Waals surface area (Å²) >= 11 is 5.46. The van der Waals surface area contributed by atoms with Crippen LogP contribution in [0.3, 0.4) is 0 Å². The lowest BCUT2D eigenvalue weighted by Gasteiger charge is -2.32. The Hall–Kier alpha value is 0.0400. The number of hydrogen-bond acceptors (Lipinski definition) is 1. The van der Waals surface area contributed by atoms with Gasteiger partial charge in [-0.2, -0.15) is 13.2 Å². The molecule has 0 spiro atoms. The van der Waals surface area contributed by atoms with Crippen molar-refractivity contribution in [1.29, 1.82) is 0 Å². The Kier molecular flexibility index (Phi) is 4.51. The highest BCUT2D eigenvalue weighted by Gasteiger charge is 2.32. The lowest BCUT2D eigenvalue weighted by Crippen LogP contribution is -2.40. The fraction of sp³-hybridized carbons (Fsp3) is 1.00. The van der Waals surface area contributed by atoms with E-state index < -0.39 is 12.7 Å². The summed E-state index contributed by atoms with van der Waals surface area (Å²) in [6.45, 7) is 0.0556. The first-order chi connectivity index (χ1) is 6.51. The molecule has 1 aliphatic carbocycles. The van der Waals surface area contributed by atoms with Gasteiger partial charge in [-0.1, -0.05) is 6.42 Å². The molecule has 0 aromatic carbocycles. The molecule has 0 atom stereocenters. The van der Waals surface area contributed by atoms with Crippen LogP contribution >= 0.6 is 11.6 Å². The predicted octanol–water partition coefficient (Wildman–Crippen LogP) is 2.89. The zero-order valence-corrected chi connectivity index (χ0v) is 8.74. The highest BCUT2D eigenvalue weighted by Crippen LogP contribution is 2.28. The second kappa shape index (κ2) is 5.21. The van der Waals surface area contributed by atoms with Crippen LogP contribution in [0, 0.1) is 5.92 Å². The Morgan fingerprint density at radius 1 is 1.29 bits per heavy atom. The van der Waals surface area contributed by atoms with Crippen LogP contribution in [0.25, 0.3) is 0 Å². The van der Waals surface area contributed by atoms with Crippen LogP contribution in [0.4, 0.5) is 13.2 Å². The van der Waals surface area contributed by atoms with E-state index in [1.54, 1.807) is 0 Å². The third-order valence-corrected chi connectivity index (χ3v) is 2.71. The summed E-state index contributed by atoms with van der Waals surface area (Å²) in [4.78, 5) is 1.41. The molecule has 0 bridgehead atoms. The van der Waals surface area contributed by atoms with Crippen molar-refractivity contribution in [1.82, 2.24) is 4.90 Å². The van der Waals surface area contributed by atoms with Gasteiger partial charge in [-0.05, 0) is 18.8 Å². The smallest absolute Gasteiger partial charge is 0.294 e. The first kappa shape index (κ1) is 12.1. The summed E-state index contributed by atoms with van der Waals surface area (Å²) in [5, 5.41) is 0. The molecule has 1 saturated carbocycles. The maximum atomic E-state index is 12.1. The van der Waals surface area contributed by atoms with Crippen LogP contribution in [0.1, 0.15) is 19.3 Å². The standard InChI is InChI=1S/C9H15ClF3N/c10-4-5-14(7-9(11,12)13)6-8-2-1-3-8/h8H,1-7H2. The summed E-state index contributed by atoms with van der Waals surface area (Å²) < 4.78 is 36.4. The number of rotatable bonds is 5. The van der Waals surface area contributed by atoms with Crippen LogP contribution < -0.4 is 0 Å². The SMILES string of the molecule is FC(F)(F)CN(CCCl)CC1CCC1. The summed E-state index contributed by atoms with van der Waals surface area (Å²) in [5.41, 5.74) is 0. The molecule has 0 aromatic heterocycles. The molecule has 0 N–H and O–H groups in total. The molecule has 1 rings (SSSR count). The summed E-state index contributed by atoms with van der Waals surface area (Å²) in [5.74, 6) is 0.726. The van der Waals surface area contributed by atoms with Crippen LogP contribution in [-0.4, -0.2) is 36.6 Å². The van der Waals surface area contributed by atoms with Gasteiger partial charge < -0.3 is 0 Å². The van der Waals surface area contributed by atoms with Gasteiger partial charge in [0.2, 0.25) is 0 Å². The molecule has 0 unspecified atom stereocenters. The highest BCUT2D eigenvalue weighted by atomic mass is 35.5. The van der Waals surface area contributed by atoms with Crippen LogP contribution in [0.15, 0.2) is 0 Å². The van der Waals surface area contributed by atoms with Crippen LogP contribution in [0.2, 0.25) is 0 Å². The molecule has 1 nitrogen and oxygen atoms in total. The summed E-state index contributed by atoms with van der Waals surface area (Å²) in [7, 11) is 0. The monoisotopic (exact) mass is 229 g/mol. The summed E-state index contributed by atoms with van der Waals surface area (Å²) in [6, 6.07) is 0. The average molecular weight is 230 g/mol. The number of halogens is 4. The normalized spacial score (nSPS) is 18.6. The molecule has 0 amide bonds. The van der Waals surface area contributed by atoms with Gasteiger partial charge in [-0.25, -0.2) is 0 Å². The van der Waals surface area contributed by atoms with Gasteiger partial charge in [-0.3, -0.25) is 4.90 Å². The van der Waals surface area contributed by atoms with E-state index in [1.165, 1.54) is 4.90 Å². The first-order valence-corrected chi connectivity index (χ1v) is 5.40. The van der Waals surface area contributed by atoms with Crippen molar-refractivity contribution in [2.45, 2.75) is 25.4 Å². The lowest BCUT2D eigenvalue weighted by atomic mass is 9.85. The molecular formula is C9H15ClF3N. The highest BCUT2D eigenvalue weighted by molar-refractivity contribution is 6.18. The molecule has 84 valence electrons. The third-order valence-electron chi connectivity index (χ3n) is 2.54. The lowest BCUT2D eigenvalue weighted by molar-refractivity contribution is -0.147. The van der Waals surface area contributed by atoms with Crippen molar-refractivity contribution in [3.63, 3.8) is 0 Å².